The van der Waals surface area contributed by atoms with Crippen LogP contribution in [0.15, 0.2) is 81.6 Å². The predicted octanol–water partition coefficient (Wildman–Crippen LogP) is 6.01. The van der Waals surface area contributed by atoms with Gasteiger partial charge in [-0.2, -0.15) is 0 Å². The summed E-state index contributed by atoms with van der Waals surface area (Å²) in [6.07, 6.45) is 5.43. The van der Waals surface area contributed by atoms with Crippen LogP contribution in [0, 0.1) is 17.3 Å². The highest BCUT2D eigenvalue weighted by atomic mass is 32.2. The molecule has 37 heavy (non-hydrogen) atoms. The van der Waals surface area contributed by atoms with Crippen molar-refractivity contribution >= 4 is 19.7 Å². The highest BCUT2D eigenvalue weighted by Gasteiger charge is 2.50. The first-order chi connectivity index (χ1) is 17.6. The largest absolute Gasteiger partial charge is 0.381 e. The van der Waals surface area contributed by atoms with Crippen molar-refractivity contribution in [3.8, 4) is 0 Å². The molecule has 3 aliphatic carbocycles. The normalized spacial score (nSPS) is 30.2. The summed E-state index contributed by atoms with van der Waals surface area (Å²) in [5.41, 5.74) is 2.42. The summed E-state index contributed by atoms with van der Waals surface area (Å²) in [4.78, 5) is 0.393. The molecule has 5 nitrogen and oxygen atoms in total. The van der Waals surface area contributed by atoms with Gasteiger partial charge >= 0.3 is 0 Å². The van der Waals surface area contributed by atoms with Gasteiger partial charge in [-0.3, -0.25) is 0 Å². The molecule has 200 valence electrons. The van der Waals surface area contributed by atoms with Crippen LogP contribution in [0.3, 0.4) is 0 Å². The van der Waals surface area contributed by atoms with Gasteiger partial charge in [0.15, 0.2) is 19.7 Å². The maximum Gasteiger partial charge on any atom is 0.182 e. The van der Waals surface area contributed by atoms with Gasteiger partial charge in [0.25, 0.3) is 0 Å². The molecule has 2 bridgehead atoms. The molecule has 0 N–H and O–H groups in total. The lowest BCUT2D eigenvalue weighted by Crippen LogP contribution is -2.48. The Morgan fingerprint density at radius 1 is 0.703 bits per heavy atom. The third-order valence-electron chi connectivity index (χ3n) is 9.56. The first-order valence-corrected chi connectivity index (χ1v) is 16.5. The number of fused-ring (bicyclic) bond motifs is 2. The summed E-state index contributed by atoms with van der Waals surface area (Å²) in [6.45, 7) is 4.67. The van der Waals surface area contributed by atoms with Gasteiger partial charge in [-0.15, -0.1) is 0 Å². The van der Waals surface area contributed by atoms with E-state index in [1.165, 1.54) is 5.57 Å². The number of methoxy groups -OCH3 is 1. The van der Waals surface area contributed by atoms with Crippen LogP contribution in [0.4, 0.5) is 0 Å². The number of allylic oxidation sites excluding steroid dienone is 2. The van der Waals surface area contributed by atoms with Gasteiger partial charge in [-0.25, -0.2) is 16.8 Å². The fourth-order valence-corrected chi connectivity index (χ4v) is 11.8. The van der Waals surface area contributed by atoms with Crippen LogP contribution in [0.25, 0.3) is 0 Å². The lowest BCUT2D eigenvalue weighted by atomic mass is 9.56. The number of ether oxygens (including phenoxy) is 1. The van der Waals surface area contributed by atoms with Gasteiger partial charge in [-0.05, 0) is 86.5 Å². The van der Waals surface area contributed by atoms with Crippen LogP contribution in [0.2, 0.25) is 0 Å². The zero-order chi connectivity index (χ0) is 26.4. The molecule has 2 aromatic rings. The molecule has 2 aromatic carbocycles. The maximum absolute atomic E-state index is 14.0. The molecule has 0 saturated heterocycles. The summed E-state index contributed by atoms with van der Waals surface area (Å²) in [5, 5.41) is -2.02. The van der Waals surface area contributed by atoms with Crippen LogP contribution >= 0.6 is 0 Å². The standard InChI is InChI=1S/C30H38O5S2/c1-30(2)23-15-17-27(35-3)26(30)16-14-21-19-28(36(31,32)24-10-6-4-7-11-24)29(20-22(21)18-23)37(33,34)25-12-8-5-9-13-25/h4-13,23,26-29H,14-20H2,1-3H3/t23-,26-,27+,28?,29?/m1/s1. The first-order valence-electron chi connectivity index (χ1n) is 13.4. The van der Waals surface area contributed by atoms with Gasteiger partial charge in [0.1, 0.15) is 0 Å². The monoisotopic (exact) mass is 542 g/mol. The Kier molecular flexibility index (Phi) is 7.18. The molecule has 7 heteroatoms. The smallest absolute Gasteiger partial charge is 0.182 e. The predicted molar refractivity (Wildman–Crippen MR) is 146 cm³/mol. The van der Waals surface area contributed by atoms with Crippen LogP contribution in [0.5, 0.6) is 0 Å². The summed E-state index contributed by atoms with van der Waals surface area (Å²) >= 11 is 0. The van der Waals surface area contributed by atoms with Gasteiger partial charge in [0, 0.05) is 7.11 Å². The summed E-state index contributed by atoms with van der Waals surface area (Å²) in [7, 11) is -5.94. The molecule has 0 radical (unpaired) electrons. The van der Waals surface area contributed by atoms with E-state index in [2.05, 4.69) is 13.8 Å². The second kappa shape index (κ2) is 9.97. The van der Waals surface area contributed by atoms with Crippen molar-refractivity contribution in [1.82, 2.24) is 0 Å². The fourth-order valence-electron chi connectivity index (χ4n) is 7.29. The van der Waals surface area contributed by atoms with Gasteiger partial charge in [-0.1, -0.05) is 61.4 Å². The quantitative estimate of drug-likeness (QED) is 0.432. The van der Waals surface area contributed by atoms with E-state index in [0.29, 0.717) is 11.8 Å². The van der Waals surface area contributed by atoms with E-state index in [1.54, 1.807) is 67.8 Å². The molecule has 0 aromatic heterocycles. The van der Waals surface area contributed by atoms with Crippen molar-refractivity contribution in [2.75, 3.05) is 7.11 Å². The topological polar surface area (TPSA) is 77.5 Å². The summed E-state index contributed by atoms with van der Waals surface area (Å²) in [6, 6.07) is 16.7. The Labute approximate surface area is 222 Å². The number of rotatable bonds is 5. The highest BCUT2D eigenvalue weighted by molar-refractivity contribution is 7.96. The Morgan fingerprint density at radius 3 is 1.73 bits per heavy atom. The molecule has 5 atom stereocenters. The van der Waals surface area contributed by atoms with E-state index >= 15 is 0 Å². The van der Waals surface area contributed by atoms with Crippen molar-refractivity contribution in [1.29, 1.82) is 0 Å². The SMILES string of the molecule is CO[C@H]1CC[C@@H]2CC3=C(CC[C@H]1C2(C)C)CC(S(=O)(=O)c1ccccc1)C(S(=O)(=O)c1ccccc1)C3. The number of hydrogen-bond donors (Lipinski definition) is 0. The Balaban J connectivity index is 1.60. The molecule has 3 aliphatic rings. The van der Waals surface area contributed by atoms with E-state index < -0.39 is 30.2 Å². The second-order valence-corrected chi connectivity index (χ2v) is 16.0. The van der Waals surface area contributed by atoms with Crippen LogP contribution < -0.4 is 0 Å². The number of benzene rings is 2. The first kappa shape index (κ1) is 26.6. The molecule has 5 rings (SSSR count). The Hall–Kier alpha value is -1.96. The second-order valence-electron chi connectivity index (χ2n) is 11.6. The molecule has 1 saturated carbocycles. The third kappa shape index (κ3) is 4.72. The average Bonchev–Trinajstić information content (AvgIpc) is 2.90. The molecule has 1 fully saturated rings. The van der Waals surface area contributed by atoms with Gasteiger partial charge < -0.3 is 4.74 Å². The zero-order valence-electron chi connectivity index (χ0n) is 22.0. The molecular weight excluding hydrogens is 504 g/mol. The zero-order valence-corrected chi connectivity index (χ0v) is 23.6. The number of sulfone groups is 2. The lowest BCUT2D eigenvalue weighted by Gasteiger charge is -2.51. The minimum atomic E-state index is -3.87. The van der Waals surface area contributed by atoms with Gasteiger partial charge in [0.2, 0.25) is 0 Å². The Morgan fingerprint density at radius 2 is 1.22 bits per heavy atom. The van der Waals surface area contributed by atoms with Crippen molar-refractivity contribution < 1.29 is 21.6 Å². The third-order valence-corrected chi connectivity index (χ3v) is 14.2. The van der Waals surface area contributed by atoms with E-state index in [1.807, 2.05) is 0 Å². The van der Waals surface area contributed by atoms with Gasteiger partial charge in [0.05, 0.1) is 26.4 Å². The van der Waals surface area contributed by atoms with E-state index in [4.69, 9.17) is 4.74 Å². The minimum Gasteiger partial charge on any atom is -0.381 e. The van der Waals surface area contributed by atoms with Crippen molar-refractivity contribution in [3.05, 3.63) is 71.8 Å². The van der Waals surface area contributed by atoms with E-state index in [9.17, 15) is 16.8 Å². The summed E-state index contributed by atoms with van der Waals surface area (Å²) in [5.74, 6) is 0.830. The molecule has 0 spiro atoms. The van der Waals surface area contributed by atoms with E-state index in [0.717, 1.165) is 37.7 Å². The van der Waals surface area contributed by atoms with E-state index in [-0.39, 0.29) is 34.2 Å². The molecule has 2 unspecified atom stereocenters. The lowest BCUT2D eigenvalue weighted by molar-refractivity contribution is -0.0730. The highest BCUT2D eigenvalue weighted by Crippen LogP contribution is 2.54. The van der Waals surface area contributed by atoms with Crippen molar-refractivity contribution in [3.63, 3.8) is 0 Å². The van der Waals surface area contributed by atoms with Crippen LogP contribution in [-0.4, -0.2) is 40.5 Å². The van der Waals surface area contributed by atoms with Crippen LogP contribution in [0.1, 0.15) is 58.8 Å². The van der Waals surface area contributed by atoms with Crippen LogP contribution in [-0.2, 0) is 24.4 Å². The molecule has 0 amide bonds. The average molecular weight is 543 g/mol. The maximum atomic E-state index is 14.0. The fraction of sp³-hybridized carbons (Fsp3) is 0.533. The van der Waals surface area contributed by atoms with Crippen molar-refractivity contribution in [2.24, 2.45) is 17.3 Å². The number of hydrogen-bond acceptors (Lipinski definition) is 5. The molecule has 0 aliphatic heterocycles. The minimum absolute atomic E-state index is 0.0816. The Bertz CT molecular complexity index is 1360. The summed E-state index contributed by atoms with van der Waals surface area (Å²) < 4.78 is 61.9. The molecule has 0 heterocycles. The van der Waals surface area contributed by atoms with Crippen molar-refractivity contribution in [2.45, 2.75) is 85.2 Å². The molecular formula is C30H38O5S2.